The van der Waals surface area contributed by atoms with Gasteiger partial charge in [0.1, 0.15) is 0 Å². The van der Waals surface area contributed by atoms with Gasteiger partial charge in [-0.2, -0.15) is 0 Å². The standard InChI is InChI=1S/C4H10O2.H2O2/c1-6-4-2-3-5;1-2/h5H,2-4H2,1H3;1-2H. The number of hydrogen-bond acceptors (Lipinski definition) is 4. The summed E-state index contributed by atoms with van der Waals surface area (Å²) >= 11 is 0. The van der Waals surface area contributed by atoms with Crippen molar-refractivity contribution in [3.63, 3.8) is 0 Å². The second-order valence-corrected chi connectivity index (χ2v) is 1.07. The molecule has 0 heterocycles. The molecule has 0 amide bonds. The lowest BCUT2D eigenvalue weighted by molar-refractivity contribution is -0.176. The van der Waals surface area contributed by atoms with Crippen LogP contribution in [0.2, 0.25) is 0 Å². The number of aliphatic hydroxyl groups is 1. The van der Waals surface area contributed by atoms with Crippen molar-refractivity contribution in [3.8, 4) is 0 Å². The number of hydrogen-bond donors (Lipinski definition) is 3. The van der Waals surface area contributed by atoms with E-state index < -0.39 is 0 Å². The molecule has 0 aromatic carbocycles. The molecule has 0 bridgehead atoms. The highest BCUT2D eigenvalue weighted by Gasteiger charge is 1.75. The van der Waals surface area contributed by atoms with E-state index in [0.29, 0.717) is 6.61 Å². The van der Waals surface area contributed by atoms with Crippen LogP contribution in [-0.2, 0) is 4.74 Å². The Bertz CT molecular complexity index is 20.0. The first kappa shape index (κ1) is 10.8. The third kappa shape index (κ3) is 17.0. The summed E-state index contributed by atoms with van der Waals surface area (Å²) in [5.41, 5.74) is 0. The van der Waals surface area contributed by atoms with Gasteiger partial charge in [-0.25, -0.2) is 0 Å². The molecular weight excluding hydrogens is 112 g/mol. The van der Waals surface area contributed by atoms with Crippen molar-refractivity contribution in [2.75, 3.05) is 20.3 Å². The molecule has 0 saturated heterocycles. The molecule has 8 heavy (non-hydrogen) atoms. The lowest BCUT2D eigenvalue weighted by atomic mass is 10.5. The first-order valence-electron chi connectivity index (χ1n) is 2.21. The Morgan fingerprint density at radius 1 is 1.38 bits per heavy atom. The largest absolute Gasteiger partial charge is 0.396 e. The van der Waals surface area contributed by atoms with Gasteiger partial charge in [0.2, 0.25) is 0 Å². The minimum Gasteiger partial charge on any atom is -0.396 e. The highest BCUT2D eigenvalue weighted by molar-refractivity contribution is 4.25. The van der Waals surface area contributed by atoms with Crippen molar-refractivity contribution >= 4 is 0 Å². The summed E-state index contributed by atoms with van der Waals surface area (Å²) in [6.07, 6.45) is 0.747. The number of ether oxygens (including phenoxy) is 1. The molecule has 0 saturated carbocycles. The topological polar surface area (TPSA) is 69.9 Å². The Kier molecular flexibility index (Phi) is 21.3. The molecule has 0 fully saturated rings. The predicted octanol–water partition coefficient (Wildman–Crippen LogP) is 0.0326. The van der Waals surface area contributed by atoms with E-state index in [9.17, 15) is 0 Å². The smallest absolute Gasteiger partial charge is 0.0484 e. The lowest BCUT2D eigenvalue weighted by Gasteiger charge is -1.89. The van der Waals surface area contributed by atoms with Crippen LogP contribution in [0.3, 0.4) is 0 Å². The van der Waals surface area contributed by atoms with Crippen LogP contribution >= 0.6 is 0 Å². The van der Waals surface area contributed by atoms with Crippen LogP contribution in [0.15, 0.2) is 0 Å². The van der Waals surface area contributed by atoms with Crippen molar-refractivity contribution < 1.29 is 20.4 Å². The second-order valence-electron chi connectivity index (χ2n) is 1.07. The van der Waals surface area contributed by atoms with Gasteiger partial charge in [-0.1, -0.05) is 0 Å². The van der Waals surface area contributed by atoms with Gasteiger partial charge in [0.15, 0.2) is 0 Å². The summed E-state index contributed by atoms with van der Waals surface area (Å²) in [5, 5.41) is 20.1. The molecule has 0 aliphatic heterocycles. The van der Waals surface area contributed by atoms with Crippen LogP contribution in [0, 0.1) is 0 Å². The molecule has 52 valence electrons. The molecule has 0 atom stereocenters. The average molecular weight is 124 g/mol. The summed E-state index contributed by atoms with van der Waals surface area (Å²) in [4.78, 5) is 0. The summed E-state index contributed by atoms with van der Waals surface area (Å²) in [5.74, 6) is 0. The number of aliphatic hydroxyl groups excluding tert-OH is 1. The van der Waals surface area contributed by atoms with Gasteiger partial charge in [0.25, 0.3) is 0 Å². The molecule has 0 aliphatic carbocycles. The van der Waals surface area contributed by atoms with Gasteiger partial charge in [-0.05, 0) is 6.42 Å². The Labute approximate surface area is 48.3 Å². The summed E-state index contributed by atoms with van der Waals surface area (Å²) < 4.78 is 4.62. The summed E-state index contributed by atoms with van der Waals surface area (Å²) in [6, 6.07) is 0. The fourth-order valence-corrected chi connectivity index (χ4v) is 0.209. The van der Waals surface area contributed by atoms with Crippen molar-refractivity contribution in [1.82, 2.24) is 0 Å². The van der Waals surface area contributed by atoms with Gasteiger partial charge in [0.05, 0.1) is 0 Å². The highest BCUT2D eigenvalue weighted by atomic mass is 17.0. The van der Waals surface area contributed by atoms with E-state index in [4.69, 9.17) is 15.6 Å². The lowest BCUT2D eigenvalue weighted by Crippen LogP contribution is -1.90. The molecule has 0 radical (unpaired) electrons. The molecule has 4 heteroatoms. The van der Waals surface area contributed by atoms with E-state index in [2.05, 4.69) is 4.74 Å². The van der Waals surface area contributed by atoms with Gasteiger partial charge < -0.3 is 9.84 Å². The number of rotatable bonds is 3. The highest BCUT2D eigenvalue weighted by Crippen LogP contribution is 1.72. The normalized spacial score (nSPS) is 7.50. The quantitative estimate of drug-likeness (QED) is 0.282. The maximum Gasteiger partial charge on any atom is 0.0484 e. The van der Waals surface area contributed by atoms with E-state index in [1.54, 1.807) is 7.11 Å². The van der Waals surface area contributed by atoms with Crippen LogP contribution < -0.4 is 0 Å². The molecule has 4 nitrogen and oxygen atoms in total. The third-order valence-electron chi connectivity index (χ3n) is 0.507. The van der Waals surface area contributed by atoms with Gasteiger partial charge in [-0.3, -0.25) is 10.5 Å². The average Bonchev–Trinajstić information content (AvgIpc) is 1.88. The molecule has 0 rings (SSSR count). The number of methoxy groups -OCH3 is 1. The third-order valence-corrected chi connectivity index (χ3v) is 0.507. The zero-order valence-corrected chi connectivity index (χ0v) is 4.87. The fraction of sp³-hybridized carbons (Fsp3) is 1.00. The monoisotopic (exact) mass is 124 g/mol. The Balaban J connectivity index is 0. The SMILES string of the molecule is COCCCO.OO. The maximum atomic E-state index is 8.12. The molecule has 3 N–H and O–H groups in total. The molecule has 0 aromatic rings. The van der Waals surface area contributed by atoms with E-state index in [1.165, 1.54) is 0 Å². The van der Waals surface area contributed by atoms with Gasteiger partial charge in [0, 0.05) is 20.3 Å². The molecule has 0 aromatic heterocycles. The van der Waals surface area contributed by atoms with Crippen LogP contribution in [0.25, 0.3) is 0 Å². The Morgan fingerprint density at radius 3 is 2.00 bits per heavy atom. The zero-order valence-electron chi connectivity index (χ0n) is 4.87. The van der Waals surface area contributed by atoms with Gasteiger partial charge >= 0.3 is 0 Å². The van der Waals surface area contributed by atoms with E-state index in [0.717, 1.165) is 6.42 Å². The van der Waals surface area contributed by atoms with E-state index >= 15 is 0 Å². The van der Waals surface area contributed by atoms with Crippen LogP contribution in [-0.4, -0.2) is 35.9 Å². The van der Waals surface area contributed by atoms with Crippen LogP contribution in [0.1, 0.15) is 6.42 Å². The van der Waals surface area contributed by atoms with Crippen molar-refractivity contribution in [2.24, 2.45) is 0 Å². The Hall–Kier alpha value is -0.160. The predicted molar refractivity (Wildman–Crippen MR) is 28.8 cm³/mol. The van der Waals surface area contributed by atoms with Crippen molar-refractivity contribution in [1.29, 1.82) is 0 Å². The van der Waals surface area contributed by atoms with Gasteiger partial charge in [-0.15, -0.1) is 0 Å². The van der Waals surface area contributed by atoms with Crippen molar-refractivity contribution in [2.45, 2.75) is 6.42 Å². The van der Waals surface area contributed by atoms with Crippen LogP contribution in [0.5, 0.6) is 0 Å². The summed E-state index contributed by atoms with van der Waals surface area (Å²) in [7, 11) is 1.62. The zero-order chi connectivity index (χ0) is 6.83. The fourth-order valence-electron chi connectivity index (χ4n) is 0.209. The maximum absolute atomic E-state index is 8.12. The molecular formula is C4H12O4. The minimum atomic E-state index is 0.230. The van der Waals surface area contributed by atoms with Crippen LogP contribution in [0.4, 0.5) is 0 Å². The van der Waals surface area contributed by atoms with E-state index in [1.807, 2.05) is 0 Å². The first-order chi connectivity index (χ1) is 3.91. The molecule has 0 spiro atoms. The minimum absolute atomic E-state index is 0.230. The Morgan fingerprint density at radius 2 is 1.88 bits per heavy atom. The second kappa shape index (κ2) is 15.8. The summed E-state index contributed by atoms with van der Waals surface area (Å²) in [6.45, 7) is 0.893. The molecule has 0 aliphatic rings. The van der Waals surface area contributed by atoms with Crippen molar-refractivity contribution in [3.05, 3.63) is 0 Å². The molecule has 0 unspecified atom stereocenters. The van der Waals surface area contributed by atoms with E-state index in [-0.39, 0.29) is 6.61 Å². The first-order valence-corrected chi connectivity index (χ1v) is 2.21.